The minimum absolute atomic E-state index is 0.0301. The molecule has 1 aliphatic rings. The van der Waals surface area contributed by atoms with Crippen LogP contribution < -0.4 is 10.3 Å². The van der Waals surface area contributed by atoms with Crippen molar-refractivity contribution in [1.29, 1.82) is 0 Å². The lowest BCUT2D eigenvalue weighted by Gasteiger charge is -2.30. The van der Waals surface area contributed by atoms with Crippen LogP contribution in [0.25, 0.3) is 0 Å². The molecular weight excluding hydrogens is 306 g/mol. The average molecular weight is 325 g/mol. The van der Waals surface area contributed by atoms with Crippen LogP contribution >= 0.6 is 0 Å². The number of carbonyl (C=O) groups excluding carboxylic acids is 1. The number of anilines is 1. The Labute approximate surface area is 140 Å². The fraction of sp³-hybridized carbons (Fsp3) is 0.222. The van der Waals surface area contributed by atoms with Gasteiger partial charge in [0.2, 0.25) is 0 Å². The molecule has 124 valence electrons. The standard InChI is InChI=1S/C18H19N3O3/c22-15-8-7-14(17(23)10-15)11-19-20-18(24)12-21-9-3-5-13-4-1-2-6-16(13)21/h1-2,4,6-8,10-11,22-23H,3,5,9,12H2,(H,20,24)/b19-11+. The number of amides is 1. The maximum atomic E-state index is 12.1. The van der Waals surface area contributed by atoms with Crippen LogP contribution in [0.3, 0.4) is 0 Å². The molecule has 0 unspecified atom stereocenters. The fourth-order valence-corrected chi connectivity index (χ4v) is 2.80. The first kappa shape index (κ1) is 15.9. The Bertz CT molecular complexity index is 774. The summed E-state index contributed by atoms with van der Waals surface area (Å²) in [5.41, 5.74) is 5.23. The lowest BCUT2D eigenvalue weighted by Crippen LogP contribution is -2.38. The molecule has 1 aliphatic heterocycles. The first-order valence-electron chi connectivity index (χ1n) is 7.80. The van der Waals surface area contributed by atoms with E-state index in [1.165, 1.54) is 30.0 Å². The molecule has 1 amide bonds. The third-order valence-corrected chi connectivity index (χ3v) is 3.95. The molecule has 1 heterocycles. The van der Waals surface area contributed by atoms with Crippen molar-refractivity contribution >= 4 is 17.8 Å². The molecule has 0 saturated heterocycles. The molecule has 3 rings (SSSR count). The Morgan fingerprint density at radius 2 is 2.08 bits per heavy atom. The summed E-state index contributed by atoms with van der Waals surface area (Å²) in [5, 5.41) is 22.7. The number of hydrazone groups is 1. The van der Waals surface area contributed by atoms with E-state index in [1.54, 1.807) is 0 Å². The molecule has 3 N–H and O–H groups in total. The van der Waals surface area contributed by atoms with Crippen molar-refractivity contribution in [2.45, 2.75) is 12.8 Å². The van der Waals surface area contributed by atoms with Gasteiger partial charge in [0, 0.05) is 23.9 Å². The first-order valence-corrected chi connectivity index (χ1v) is 7.80. The number of carbonyl (C=O) groups is 1. The van der Waals surface area contributed by atoms with Crippen molar-refractivity contribution in [2.24, 2.45) is 5.10 Å². The second kappa shape index (κ2) is 7.04. The van der Waals surface area contributed by atoms with Crippen molar-refractivity contribution < 1.29 is 15.0 Å². The SMILES string of the molecule is O=C(CN1CCCc2ccccc21)N/N=C/c1ccc(O)cc1O. The van der Waals surface area contributed by atoms with Gasteiger partial charge >= 0.3 is 0 Å². The summed E-state index contributed by atoms with van der Waals surface area (Å²) in [6.45, 7) is 1.07. The van der Waals surface area contributed by atoms with E-state index in [1.807, 2.05) is 23.1 Å². The molecule has 0 aliphatic carbocycles. The molecule has 24 heavy (non-hydrogen) atoms. The van der Waals surface area contributed by atoms with Crippen LogP contribution in [0.4, 0.5) is 5.69 Å². The van der Waals surface area contributed by atoms with Crippen molar-refractivity contribution in [3.63, 3.8) is 0 Å². The number of phenols is 2. The average Bonchev–Trinajstić information content (AvgIpc) is 2.57. The van der Waals surface area contributed by atoms with Gasteiger partial charge in [-0.15, -0.1) is 0 Å². The zero-order chi connectivity index (χ0) is 16.9. The van der Waals surface area contributed by atoms with Crippen LogP contribution in [-0.2, 0) is 11.2 Å². The Morgan fingerprint density at radius 3 is 2.92 bits per heavy atom. The minimum atomic E-state index is -0.221. The van der Waals surface area contributed by atoms with Crippen molar-refractivity contribution in [2.75, 3.05) is 18.0 Å². The summed E-state index contributed by atoms with van der Waals surface area (Å²) in [6.07, 6.45) is 3.40. The summed E-state index contributed by atoms with van der Waals surface area (Å²) in [7, 11) is 0. The quantitative estimate of drug-likeness (QED) is 0.593. The lowest BCUT2D eigenvalue weighted by atomic mass is 10.0. The second-order valence-corrected chi connectivity index (χ2v) is 5.69. The number of aryl methyl sites for hydroxylation is 1. The van der Waals surface area contributed by atoms with Crippen LogP contribution in [0.1, 0.15) is 17.5 Å². The molecule has 0 bridgehead atoms. The summed E-state index contributed by atoms with van der Waals surface area (Å²) in [5.74, 6) is -0.350. The molecule has 0 spiro atoms. The van der Waals surface area contributed by atoms with E-state index < -0.39 is 0 Å². The van der Waals surface area contributed by atoms with Gasteiger partial charge in [-0.1, -0.05) is 18.2 Å². The summed E-state index contributed by atoms with van der Waals surface area (Å²) in [6, 6.07) is 12.3. The maximum absolute atomic E-state index is 12.1. The monoisotopic (exact) mass is 325 g/mol. The number of hydrogen-bond acceptors (Lipinski definition) is 5. The van der Waals surface area contributed by atoms with Crippen LogP contribution in [0.2, 0.25) is 0 Å². The zero-order valence-corrected chi connectivity index (χ0v) is 13.1. The first-order chi connectivity index (χ1) is 11.6. The Morgan fingerprint density at radius 1 is 1.25 bits per heavy atom. The molecule has 2 aromatic carbocycles. The van der Waals surface area contributed by atoms with Gasteiger partial charge < -0.3 is 15.1 Å². The predicted molar refractivity (Wildman–Crippen MR) is 92.5 cm³/mol. The zero-order valence-electron chi connectivity index (χ0n) is 13.1. The van der Waals surface area contributed by atoms with Gasteiger partial charge in [-0.05, 0) is 36.6 Å². The fourth-order valence-electron chi connectivity index (χ4n) is 2.80. The van der Waals surface area contributed by atoms with Crippen LogP contribution in [0.5, 0.6) is 11.5 Å². The topological polar surface area (TPSA) is 85.2 Å². The molecule has 0 aromatic heterocycles. The van der Waals surface area contributed by atoms with Crippen molar-refractivity contribution in [3.05, 3.63) is 53.6 Å². The van der Waals surface area contributed by atoms with E-state index >= 15 is 0 Å². The third-order valence-electron chi connectivity index (χ3n) is 3.95. The van der Waals surface area contributed by atoms with Crippen molar-refractivity contribution in [3.8, 4) is 11.5 Å². The highest BCUT2D eigenvalue weighted by Crippen LogP contribution is 2.26. The van der Waals surface area contributed by atoms with Gasteiger partial charge in [0.25, 0.3) is 5.91 Å². The number of nitrogens with one attached hydrogen (secondary N) is 1. The van der Waals surface area contributed by atoms with E-state index in [2.05, 4.69) is 16.6 Å². The number of aromatic hydroxyl groups is 2. The molecule has 2 aromatic rings. The van der Waals surface area contributed by atoms with Gasteiger partial charge in [-0.25, -0.2) is 5.43 Å². The predicted octanol–water partition coefficient (Wildman–Crippen LogP) is 2.00. The summed E-state index contributed by atoms with van der Waals surface area (Å²) >= 11 is 0. The Balaban J connectivity index is 1.59. The van der Waals surface area contributed by atoms with E-state index in [0.717, 1.165) is 25.1 Å². The van der Waals surface area contributed by atoms with Crippen LogP contribution in [-0.4, -0.2) is 35.4 Å². The number of rotatable bonds is 4. The van der Waals surface area contributed by atoms with Gasteiger partial charge in [0.05, 0.1) is 12.8 Å². The molecule has 0 fully saturated rings. The smallest absolute Gasteiger partial charge is 0.259 e. The molecule has 6 nitrogen and oxygen atoms in total. The van der Waals surface area contributed by atoms with Crippen LogP contribution in [0, 0.1) is 0 Å². The maximum Gasteiger partial charge on any atom is 0.259 e. The summed E-state index contributed by atoms with van der Waals surface area (Å²) < 4.78 is 0. The van der Waals surface area contributed by atoms with E-state index in [-0.39, 0.29) is 24.0 Å². The largest absolute Gasteiger partial charge is 0.508 e. The number of benzene rings is 2. The number of fused-ring (bicyclic) bond motifs is 1. The van der Waals surface area contributed by atoms with Gasteiger partial charge in [-0.3, -0.25) is 4.79 Å². The minimum Gasteiger partial charge on any atom is -0.508 e. The third kappa shape index (κ3) is 3.65. The number of nitrogens with zero attached hydrogens (tertiary/aromatic N) is 2. The van der Waals surface area contributed by atoms with Gasteiger partial charge in [0.15, 0.2) is 0 Å². The molecule has 6 heteroatoms. The molecule has 0 atom stereocenters. The Kier molecular flexibility index (Phi) is 4.65. The van der Waals surface area contributed by atoms with E-state index in [4.69, 9.17) is 0 Å². The highest BCUT2D eigenvalue weighted by atomic mass is 16.3. The number of phenolic OH excluding ortho intramolecular Hbond substituents is 2. The highest BCUT2D eigenvalue weighted by molar-refractivity contribution is 5.86. The highest BCUT2D eigenvalue weighted by Gasteiger charge is 2.18. The summed E-state index contributed by atoms with van der Waals surface area (Å²) in [4.78, 5) is 14.1. The molecule has 0 saturated carbocycles. The number of para-hydroxylation sites is 1. The second-order valence-electron chi connectivity index (χ2n) is 5.69. The van der Waals surface area contributed by atoms with Crippen LogP contribution in [0.15, 0.2) is 47.6 Å². The normalized spacial score (nSPS) is 13.8. The van der Waals surface area contributed by atoms with Gasteiger partial charge in [-0.2, -0.15) is 5.10 Å². The van der Waals surface area contributed by atoms with Gasteiger partial charge in [0.1, 0.15) is 11.5 Å². The number of hydrogen-bond donors (Lipinski definition) is 3. The lowest BCUT2D eigenvalue weighted by molar-refractivity contribution is -0.119. The van der Waals surface area contributed by atoms with E-state index in [9.17, 15) is 15.0 Å². The molecule has 0 radical (unpaired) electrons. The van der Waals surface area contributed by atoms with E-state index in [0.29, 0.717) is 5.56 Å². The Hall–Kier alpha value is -3.02. The molecular formula is C18H19N3O3. The van der Waals surface area contributed by atoms with Crippen molar-refractivity contribution in [1.82, 2.24) is 5.43 Å².